The van der Waals surface area contributed by atoms with Gasteiger partial charge in [0.25, 0.3) is 0 Å². The molecule has 120 valence electrons. The van der Waals surface area contributed by atoms with Crippen LogP contribution in [0.5, 0.6) is 11.5 Å². The van der Waals surface area contributed by atoms with Gasteiger partial charge in [-0.1, -0.05) is 36.0 Å². The van der Waals surface area contributed by atoms with E-state index in [1.807, 2.05) is 55.5 Å². The average molecular weight is 336 g/mol. The molecule has 1 aliphatic rings. The standard InChI is InChI=1S/C19H16N2O2S/c1-12-8-16-17(23-11-22-16)10-18(12)24-19(20)9-14-7-6-13-4-2-3-5-15(13)21-14/h2-10H,11,20H2,1H3. The van der Waals surface area contributed by atoms with E-state index in [9.17, 15) is 0 Å². The third kappa shape index (κ3) is 2.90. The van der Waals surface area contributed by atoms with Gasteiger partial charge in [-0.25, -0.2) is 4.98 Å². The number of fused-ring (bicyclic) bond motifs is 2. The summed E-state index contributed by atoms with van der Waals surface area (Å²) in [5, 5.41) is 1.80. The second kappa shape index (κ2) is 6.09. The Morgan fingerprint density at radius 2 is 1.92 bits per heavy atom. The Kier molecular flexibility index (Phi) is 3.78. The molecule has 0 aliphatic carbocycles. The van der Waals surface area contributed by atoms with Gasteiger partial charge in [-0.3, -0.25) is 0 Å². The predicted octanol–water partition coefficient (Wildman–Crippen LogP) is 4.32. The maximum atomic E-state index is 6.21. The molecule has 2 N–H and O–H groups in total. The molecule has 3 aromatic rings. The van der Waals surface area contributed by atoms with Gasteiger partial charge < -0.3 is 15.2 Å². The molecule has 24 heavy (non-hydrogen) atoms. The lowest BCUT2D eigenvalue weighted by molar-refractivity contribution is 0.174. The number of ether oxygens (including phenoxy) is 2. The third-order valence-corrected chi connectivity index (χ3v) is 4.82. The number of hydrogen-bond acceptors (Lipinski definition) is 5. The number of thioether (sulfide) groups is 1. The molecule has 0 bridgehead atoms. The minimum atomic E-state index is 0.273. The highest BCUT2D eigenvalue weighted by Gasteiger charge is 2.16. The lowest BCUT2D eigenvalue weighted by Crippen LogP contribution is -1.94. The van der Waals surface area contributed by atoms with Crippen LogP contribution in [0.1, 0.15) is 11.3 Å². The van der Waals surface area contributed by atoms with Crippen LogP contribution in [0.4, 0.5) is 0 Å². The summed E-state index contributed by atoms with van der Waals surface area (Å²) < 4.78 is 10.8. The van der Waals surface area contributed by atoms with Gasteiger partial charge in [-0.2, -0.15) is 0 Å². The molecule has 1 aromatic heterocycles. The second-order valence-corrected chi connectivity index (χ2v) is 6.66. The molecule has 0 saturated carbocycles. The lowest BCUT2D eigenvalue weighted by atomic mass is 10.2. The molecular weight excluding hydrogens is 320 g/mol. The monoisotopic (exact) mass is 336 g/mol. The van der Waals surface area contributed by atoms with Crippen molar-refractivity contribution in [3.63, 3.8) is 0 Å². The predicted molar refractivity (Wildman–Crippen MR) is 97.1 cm³/mol. The van der Waals surface area contributed by atoms with E-state index in [0.29, 0.717) is 5.03 Å². The molecule has 5 heteroatoms. The molecule has 0 saturated heterocycles. The van der Waals surface area contributed by atoms with Crippen LogP contribution in [0.25, 0.3) is 17.0 Å². The second-order valence-electron chi connectivity index (χ2n) is 5.55. The van der Waals surface area contributed by atoms with Crippen molar-refractivity contribution in [1.29, 1.82) is 0 Å². The highest BCUT2D eigenvalue weighted by atomic mass is 32.2. The minimum Gasteiger partial charge on any atom is -0.454 e. The van der Waals surface area contributed by atoms with Crippen molar-refractivity contribution in [3.8, 4) is 11.5 Å². The topological polar surface area (TPSA) is 57.4 Å². The molecule has 0 spiro atoms. The van der Waals surface area contributed by atoms with Crippen LogP contribution in [0, 0.1) is 6.92 Å². The summed E-state index contributed by atoms with van der Waals surface area (Å²) in [7, 11) is 0. The number of aromatic nitrogens is 1. The molecule has 2 heterocycles. The molecule has 0 fully saturated rings. The number of hydrogen-bond donors (Lipinski definition) is 1. The van der Waals surface area contributed by atoms with Crippen LogP contribution in [0.3, 0.4) is 0 Å². The smallest absolute Gasteiger partial charge is 0.231 e. The summed E-state index contributed by atoms with van der Waals surface area (Å²) in [6.07, 6.45) is 1.89. The van der Waals surface area contributed by atoms with Crippen molar-refractivity contribution in [2.45, 2.75) is 11.8 Å². The number of pyridine rings is 1. The molecule has 4 nitrogen and oxygen atoms in total. The van der Waals surface area contributed by atoms with Crippen molar-refractivity contribution < 1.29 is 9.47 Å². The van der Waals surface area contributed by atoms with Crippen molar-refractivity contribution in [2.75, 3.05) is 6.79 Å². The van der Waals surface area contributed by atoms with E-state index < -0.39 is 0 Å². The van der Waals surface area contributed by atoms with Crippen molar-refractivity contribution in [1.82, 2.24) is 4.98 Å². The zero-order valence-corrected chi connectivity index (χ0v) is 14.0. The zero-order chi connectivity index (χ0) is 16.5. The number of nitrogens with two attached hydrogens (primary N) is 1. The van der Waals surface area contributed by atoms with Crippen LogP contribution in [-0.4, -0.2) is 11.8 Å². The van der Waals surface area contributed by atoms with Crippen molar-refractivity contribution in [2.24, 2.45) is 5.73 Å². The largest absolute Gasteiger partial charge is 0.454 e. The van der Waals surface area contributed by atoms with Gasteiger partial charge in [-0.05, 0) is 42.8 Å². The summed E-state index contributed by atoms with van der Waals surface area (Å²) >= 11 is 1.50. The number of para-hydroxylation sites is 1. The van der Waals surface area contributed by atoms with Crippen molar-refractivity contribution in [3.05, 3.63) is 64.8 Å². The molecule has 4 rings (SSSR count). The molecule has 0 radical (unpaired) electrons. The molecule has 1 aliphatic heterocycles. The maximum Gasteiger partial charge on any atom is 0.231 e. The minimum absolute atomic E-state index is 0.273. The maximum absolute atomic E-state index is 6.21. The Bertz CT molecular complexity index is 953. The highest BCUT2D eigenvalue weighted by molar-refractivity contribution is 8.03. The number of nitrogens with zero attached hydrogens (tertiary/aromatic N) is 1. The zero-order valence-electron chi connectivity index (χ0n) is 13.2. The van der Waals surface area contributed by atoms with Crippen molar-refractivity contribution >= 4 is 28.7 Å². The first-order chi connectivity index (χ1) is 11.7. The van der Waals surface area contributed by atoms with Gasteiger partial charge in [-0.15, -0.1) is 0 Å². The molecule has 2 aromatic carbocycles. The van der Waals surface area contributed by atoms with E-state index in [4.69, 9.17) is 15.2 Å². The molecule has 0 amide bonds. The summed E-state index contributed by atoms with van der Waals surface area (Å²) in [5.74, 6) is 1.55. The Hall–Kier alpha value is -2.66. The van der Waals surface area contributed by atoms with Gasteiger partial charge in [0.1, 0.15) is 0 Å². The quantitative estimate of drug-likeness (QED) is 0.722. The summed E-state index contributed by atoms with van der Waals surface area (Å²) in [6, 6.07) is 16.0. The van der Waals surface area contributed by atoms with Gasteiger partial charge in [0.05, 0.1) is 16.2 Å². The van der Waals surface area contributed by atoms with Crippen LogP contribution >= 0.6 is 11.8 Å². The van der Waals surface area contributed by atoms with E-state index in [1.165, 1.54) is 11.8 Å². The van der Waals surface area contributed by atoms with Gasteiger partial charge in [0.2, 0.25) is 6.79 Å². The van der Waals surface area contributed by atoms with E-state index >= 15 is 0 Å². The van der Waals surface area contributed by atoms with Gasteiger partial charge >= 0.3 is 0 Å². The fraction of sp³-hybridized carbons (Fsp3) is 0.105. The fourth-order valence-corrected chi connectivity index (χ4v) is 3.42. The molecule has 0 atom stereocenters. The summed E-state index contributed by atoms with van der Waals surface area (Å²) in [4.78, 5) is 5.67. The highest BCUT2D eigenvalue weighted by Crippen LogP contribution is 2.39. The Labute approximate surface area is 144 Å². The Balaban J connectivity index is 1.61. The van der Waals surface area contributed by atoms with E-state index in [2.05, 4.69) is 11.1 Å². The summed E-state index contributed by atoms with van der Waals surface area (Å²) in [5.41, 5.74) is 9.12. The number of benzene rings is 2. The van der Waals surface area contributed by atoms with E-state index in [1.54, 1.807) is 0 Å². The Morgan fingerprint density at radius 3 is 2.79 bits per heavy atom. The van der Waals surface area contributed by atoms with E-state index in [-0.39, 0.29) is 6.79 Å². The molecular formula is C19H16N2O2S. The average Bonchev–Trinajstić information content (AvgIpc) is 3.02. The lowest BCUT2D eigenvalue weighted by Gasteiger charge is -2.07. The van der Waals surface area contributed by atoms with Crippen LogP contribution in [-0.2, 0) is 0 Å². The first-order valence-corrected chi connectivity index (χ1v) is 8.42. The number of aryl methyl sites for hydroxylation is 1. The third-order valence-electron chi connectivity index (χ3n) is 3.81. The Morgan fingerprint density at radius 1 is 1.12 bits per heavy atom. The van der Waals surface area contributed by atoms with Crippen LogP contribution in [0.15, 0.2) is 58.5 Å². The number of rotatable bonds is 3. The fourth-order valence-electron chi connectivity index (χ4n) is 2.60. The van der Waals surface area contributed by atoms with Gasteiger partial charge in [0.15, 0.2) is 11.5 Å². The SMILES string of the molecule is Cc1cc2c(cc1SC(N)=Cc1ccc3ccccc3n1)OCO2. The summed E-state index contributed by atoms with van der Waals surface area (Å²) in [6.45, 7) is 2.31. The molecule has 0 unspecified atom stereocenters. The van der Waals surface area contributed by atoms with Gasteiger partial charge in [0, 0.05) is 10.3 Å². The van der Waals surface area contributed by atoms with Crippen LogP contribution in [0.2, 0.25) is 0 Å². The van der Waals surface area contributed by atoms with E-state index in [0.717, 1.165) is 38.6 Å². The first kappa shape index (κ1) is 14.9. The normalized spacial score (nSPS) is 13.5. The van der Waals surface area contributed by atoms with Crippen LogP contribution < -0.4 is 15.2 Å². The first-order valence-electron chi connectivity index (χ1n) is 7.60.